The molecule has 0 aromatic carbocycles. The third kappa shape index (κ3) is 5.41. The normalized spacial score (nSPS) is 20.0. The van der Waals surface area contributed by atoms with Crippen molar-refractivity contribution in [2.75, 3.05) is 13.1 Å². The summed E-state index contributed by atoms with van der Waals surface area (Å²) in [6, 6.07) is 0. The molecular weight excluding hydrogens is 311 g/mol. The Bertz CT molecular complexity index is 529. The average Bonchev–Trinajstić information content (AvgIpc) is 2.46. The van der Waals surface area contributed by atoms with Crippen molar-refractivity contribution in [3.63, 3.8) is 0 Å². The van der Waals surface area contributed by atoms with Crippen LogP contribution in [0.25, 0.3) is 0 Å². The third-order valence-corrected chi connectivity index (χ3v) is 2.77. The zero-order valence-electron chi connectivity index (χ0n) is 11.3. The van der Waals surface area contributed by atoms with Crippen LogP contribution in [0.4, 0.5) is 0 Å². The third-order valence-electron chi connectivity index (χ3n) is 2.77. The Labute approximate surface area is 134 Å². The van der Waals surface area contributed by atoms with Crippen LogP contribution >= 0.6 is 0 Å². The predicted octanol–water partition coefficient (Wildman–Crippen LogP) is 1.32. The van der Waals surface area contributed by atoms with Crippen molar-refractivity contribution < 1.29 is 26.4 Å². The largest absolute Gasteiger partial charge is 0.389 e. The van der Waals surface area contributed by atoms with E-state index in [1.165, 1.54) is 12.2 Å². The maximum atomic E-state index is 11.4. The number of nitrogens with one attached hydrogen (secondary N) is 2. The molecule has 111 valence electrons. The van der Waals surface area contributed by atoms with E-state index in [0.29, 0.717) is 24.2 Å². The number of hydrogen-bond acceptors (Lipinski definition) is 4. The van der Waals surface area contributed by atoms with E-state index in [1.807, 2.05) is 12.2 Å². The molecule has 0 amide bonds. The fraction of sp³-hybridized carbons (Fsp3) is 0.125. The van der Waals surface area contributed by atoms with Crippen molar-refractivity contribution in [1.82, 2.24) is 10.6 Å². The number of carbonyl (C=O) groups is 2. The van der Waals surface area contributed by atoms with Gasteiger partial charge in [-0.2, -0.15) is 0 Å². The molecule has 0 atom stereocenters. The van der Waals surface area contributed by atoms with Crippen LogP contribution in [-0.4, -0.2) is 24.7 Å². The maximum Gasteiger partial charge on any atom is 0.187 e. The maximum absolute atomic E-state index is 11.4. The molecule has 0 fully saturated rings. The van der Waals surface area contributed by atoms with E-state index < -0.39 is 0 Å². The number of hydrogen-bond donors (Lipinski definition) is 2. The SMILES string of the molecule is O=C1C=CC=C/C1=C/NCCN/C=C1/C=CC=CC1=O.[Co]. The minimum absolute atomic E-state index is 0. The van der Waals surface area contributed by atoms with Gasteiger partial charge >= 0.3 is 0 Å². The fourth-order valence-corrected chi connectivity index (χ4v) is 1.71. The van der Waals surface area contributed by atoms with Gasteiger partial charge in [-0.3, -0.25) is 9.59 Å². The average molecular weight is 327 g/mol. The summed E-state index contributed by atoms with van der Waals surface area (Å²) in [5.74, 6) is -0.000363. The first-order valence-corrected chi connectivity index (χ1v) is 6.42. The van der Waals surface area contributed by atoms with Crippen LogP contribution in [0.3, 0.4) is 0 Å². The van der Waals surface area contributed by atoms with E-state index in [0.717, 1.165) is 0 Å². The molecule has 21 heavy (non-hydrogen) atoms. The zero-order chi connectivity index (χ0) is 14.2. The van der Waals surface area contributed by atoms with Gasteiger partial charge in [0.1, 0.15) is 0 Å². The van der Waals surface area contributed by atoms with Crippen LogP contribution in [0.1, 0.15) is 0 Å². The van der Waals surface area contributed by atoms with E-state index in [9.17, 15) is 9.59 Å². The molecule has 2 rings (SSSR count). The molecule has 0 aliphatic heterocycles. The van der Waals surface area contributed by atoms with Gasteiger partial charge in [0.25, 0.3) is 0 Å². The molecule has 0 spiro atoms. The van der Waals surface area contributed by atoms with Crippen molar-refractivity contribution in [1.29, 1.82) is 0 Å². The molecule has 0 heterocycles. The molecule has 0 saturated heterocycles. The quantitative estimate of drug-likeness (QED) is 0.591. The predicted molar refractivity (Wildman–Crippen MR) is 78.7 cm³/mol. The first-order valence-electron chi connectivity index (χ1n) is 6.42. The molecule has 2 aliphatic rings. The van der Waals surface area contributed by atoms with Crippen molar-refractivity contribution in [3.05, 3.63) is 72.2 Å². The first kappa shape index (κ1) is 16.9. The zero-order valence-corrected chi connectivity index (χ0v) is 12.4. The molecule has 0 aromatic heterocycles. The second-order valence-electron chi connectivity index (χ2n) is 4.27. The summed E-state index contributed by atoms with van der Waals surface area (Å²) in [4.78, 5) is 22.9. The molecule has 0 bridgehead atoms. The topological polar surface area (TPSA) is 58.2 Å². The summed E-state index contributed by atoms with van der Waals surface area (Å²) in [5.41, 5.74) is 1.28. The summed E-state index contributed by atoms with van der Waals surface area (Å²) in [5, 5.41) is 6.12. The summed E-state index contributed by atoms with van der Waals surface area (Å²) >= 11 is 0. The van der Waals surface area contributed by atoms with Crippen LogP contribution in [-0.2, 0) is 26.4 Å². The first-order chi connectivity index (χ1) is 9.77. The van der Waals surface area contributed by atoms with E-state index >= 15 is 0 Å². The number of rotatable bonds is 5. The molecule has 2 aliphatic carbocycles. The Morgan fingerprint density at radius 1 is 0.714 bits per heavy atom. The van der Waals surface area contributed by atoms with Crippen LogP contribution in [0.5, 0.6) is 0 Å². The minimum atomic E-state index is -0.000182. The van der Waals surface area contributed by atoms with Crippen LogP contribution in [0, 0.1) is 0 Å². The van der Waals surface area contributed by atoms with Gasteiger partial charge in [-0.05, 0) is 24.3 Å². The van der Waals surface area contributed by atoms with Gasteiger partial charge in [-0.25, -0.2) is 0 Å². The van der Waals surface area contributed by atoms with Gasteiger partial charge in [0.15, 0.2) is 11.6 Å². The number of carbonyl (C=O) groups excluding carboxylic acids is 2. The van der Waals surface area contributed by atoms with Gasteiger partial charge < -0.3 is 10.6 Å². The minimum Gasteiger partial charge on any atom is -0.389 e. The van der Waals surface area contributed by atoms with E-state index in [1.54, 1.807) is 36.7 Å². The van der Waals surface area contributed by atoms with Gasteiger partial charge in [-0.15, -0.1) is 0 Å². The molecular formula is C16H16CoN2O2. The monoisotopic (exact) mass is 327 g/mol. The Balaban J connectivity index is 0.00000220. The Hall–Kier alpha value is -2.11. The molecule has 2 N–H and O–H groups in total. The Kier molecular flexibility index (Phi) is 7.21. The number of ketones is 2. The van der Waals surface area contributed by atoms with Crippen molar-refractivity contribution in [2.24, 2.45) is 0 Å². The van der Waals surface area contributed by atoms with Crippen molar-refractivity contribution >= 4 is 11.6 Å². The summed E-state index contributed by atoms with van der Waals surface area (Å²) in [6.45, 7) is 1.32. The molecule has 0 aromatic rings. The van der Waals surface area contributed by atoms with E-state index in [4.69, 9.17) is 0 Å². The van der Waals surface area contributed by atoms with Crippen LogP contribution < -0.4 is 10.6 Å². The van der Waals surface area contributed by atoms with Crippen LogP contribution in [0.15, 0.2) is 72.2 Å². The fourth-order valence-electron chi connectivity index (χ4n) is 1.71. The van der Waals surface area contributed by atoms with Gasteiger partial charge in [0.05, 0.1) is 0 Å². The van der Waals surface area contributed by atoms with Crippen LogP contribution in [0.2, 0.25) is 0 Å². The molecule has 4 nitrogen and oxygen atoms in total. The van der Waals surface area contributed by atoms with Gasteiger partial charge in [-0.1, -0.05) is 24.3 Å². The molecule has 1 radical (unpaired) electrons. The second kappa shape index (κ2) is 8.94. The summed E-state index contributed by atoms with van der Waals surface area (Å²) < 4.78 is 0. The van der Waals surface area contributed by atoms with Crippen molar-refractivity contribution in [3.8, 4) is 0 Å². The Morgan fingerprint density at radius 2 is 1.10 bits per heavy atom. The molecule has 0 saturated carbocycles. The van der Waals surface area contributed by atoms with E-state index in [2.05, 4.69) is 10.6 Å². The van der Waals surface area contributed by atoms with Crippen molar-refractivity contribution in [2.45, 2.75) is 0 Å². The number of allylic oxidation sites excluding steroid dienone is 10. The Morgan fingerprint density at radius 3 is 1.48 bits per heavy atom. The summed E-state index contributed by atoms with van der Waals surface area (Å²) in [6.07, 6.45) is 17.1. The molecule has 0 unspecified atom stereocenters. The second-order valence-corrected chi connectivity index (χ2v) is 4.27. The van der Waals surface area contributed by atoms with E-state index in [-0.39, 0.29) is 28.3 Å². The summed E-state index contributed by atoms with van der Waals surface area (Å²) in [7, 11) is 0. The van der Waals surface area contributed by atoms with Gasteiger partial charge in [0.2, 0.25) is 0 Å². The molecule has 5 heteroatoms. The smallest absolute Gasteiger partial charge is 0.187 e. The van der Waals surface area contributed by atoms with Gasteiger partial charge in [0, 0.05) is 53.4 Å². The standard InChI is InChI=1S/C16H16N2O2.Co/c19-15-7-3-1-5-13(15)11-17-9-10-18-12-14-6-2-4-8-16(14)20;/h1-8,11-12,17-18H,9-10H2;/b13-11-,14-12-;.